The molecule has 110 valence electrons. The topological polar surface area (TPSA) is 58.6 Å². The molecule has 0 aromatic rings. The van der Waals surface area contributed by atoms with Crippen molar-refractivity contribution >= 4 is 11.9 Å². The van der Waals surface area contributed by atoms with Crippen LogP contribution < -0.4 is 5.32 Å². The van der Waals surface area contributed by atoms with E-state index in [1.54, 1.807) is 4.90 Å². The van der Waals surface area contributed by atoms with Crippen molar-refractivity contribution in [3.05, 3.63) is 0 Å². The van der Waals surface area contributed by atoms with E-state index in [-0.39, 0.29) is 18.3 Å². The summed E-state index contributed by atoms with van der Waals surface area (Å²) in [7, 11) is 1.38. The summed E-state index contributed by atoms with van der Waals surface area (Å²) in [6.45, 7) is 7.26. The maximum Gasteiger partial charge on any atom is 0.307 e. The number of hydrogen-bond acceptors (Lipinski definition) is 4. The van der Waals surface area contributed by atoms with Crippen molar-refractivity contribution in [2.24, 2.45) is 11.8 Å². The Balaban J connectivity index is 2.45. The van der Waals surface area contributed by atoms with Crippen molar-refractivity contribution in [3.8, 4) is 0 Å². The second-order valence-corrected chi connectivity index (χ2v) is 5.62. The summed E-state index contributed by atoms with van der Waals surface area (Å²) in [6, 6.07) is 0. The van der Waals surface area contributed by atoms with Crippen LogP contribution in [0.4, 0.5) is 0 Å². The molecule has 1 amide bonds. The van der Waals surface area contributed by atoms with Gasteiger partial charge in [-0.3, -0.25) is 9.59 Å². The highest BCUT2D eigenvalue weighted by Crippen LogP contribution is 2.15. The maximum absolute atomic E-state index is 12.3. The third kappa shape index (κ3) is 6.05. The van der Waals surface area contributed by atoms with E-state index in [4.69, 9.17) is 0 Å². The van der Waals surface area contributed by atoms with Gasteiger partial charge in [-0.1, -0.05) is 13.8 Å². The number of nitrogens with zero attached hydrogens (tertiary/aromatic N) is 1. The van der Waals surface area contributed by atoms with Crippen molar-refractivity contribution in [3.63, 3.8) is 0 Å². The summed E-state index contributed by atoms with van der Waals surface area (Å²) in [5.41, 5.74) is 0. The van der Waals surface area contributed by atoms with E-state index in [9.17, 15) is 9.59 Å². The molecule has 0 saturated carbocycles. The molecular formula is C14H26N2O3. The largest absolute Gasteiger partial charge is 0.469 e. The lowest BCUT2D eigenvalue weighted by Gasteiger charge is -2.25. The van der Waals surface area contributed by atoms with Gasteiger partial charge < -0.3 is 15.0 Å². The molecule has 0 aromatic heterocycles. The first-order chi connectivity index (χ1) is 9.02. The Hall–Kier alpha value is -1.10. The SMILES string of the molecule is COC(=O)CCN(CC(C)C)C(=O)CC1CCNC1. The fourth-order valence-corrected chi connectivity index (χ4v) is 2.35. The lowest BCUT2D eigenvalue weighted by molar-refractivity contribution is -0.142. The Morgan fingerprint density at radius 1 is 1.42 bits per heavy atom. The molecule has 1 atom stereocenters. The molecule has 1 fully saturated rings. The van der Waals surface area contributed by atoms with Crippen LogP contribution in [0.15, 0.2) is 0 Å². The van der Waals surface area contributed by atoms with Gasteiger partial charge in [-0.25, -0.2) is 0 Å². The minimum absolute atomic E-state index is 0.159. The van der Waals surface area contributed by atoms with E-state index in [1.165, 1.54) is 7.11 Å². The van der Waals surface area contributed by atoms with Crippen LogP contribution in [0.5, 0.6) is 0 Å². The maximum atomic E-state index is 12.3. The first-order valence-corrected chi connectivity index (χ1v) is 7.08. The number of hydrogen-bond donors (Lipinski definition) is 1. The Kier molecular flexibility index (Phi) is 6.84. The summed E-state index contributed by atoms with van der Waals surface area (Å²) in [5.74, 6) is 0.749. The zero-order chi connectivity index (χ0) is 14.3. The highest BCUT2D eigenvalue weighted by molar-refractivity contribution is 5.77. The van der Waals surface area contributed by atoms with Crippen molar-refractivity contribution in [2.45, 2.75) is 33.1 Å². The van der Waals surface area contributed by atoms with Gasteiger partial charge in [0.1, 0.15) is 0 Å². The minimum Gasteiger partial charge on any atom is -0.469 e. The normalized spacial score (nSPS) is 18.6. The van der Waals surface area contributed by atoms with Gasteiger partial charge in [0.25, 0.3) is 0 Å². The quantitative estimate of drug-likeness (QED) is 0.702. The average Bonchev–Trinajstić information content (AvgIpc) is 2.86. The number of esters is 1. The van der Waals surface area contributed by atoms with Crippen LogP contribution in [0.3, 0.4) is 0 Å². The zero-order valence-corrected chi connectivity index (χ0v) is 12.3. The molecule has 1 N–H and O–H groups in total. The van der Waals surface area contributed by atoms with Gasteiger partial charge in [0, 0.05) is 19.5 Å². The predicted molar refractivity (Wildman–Crippen MR) is 73.6 cm³/mol. The Bertz CT molecular complexity index is 299. The molecular weight excluding hydrogens is 244 g/mol. The van der Waals surface area contributed by atoms with Gasteiger partial charge in [0.15, 0.2) is 0 Å². The fraction of sp³-hybridized carbons (Fsp3) is 0.857. The number of rotatable bonds is 7. The Morgan fingerprint density at radius 3 is 2.68 bits per heavy atom. The predicted octanol–water partition coefficient (Wildman–Crippen LogP) is 1.03. The molecule has 0 bridgehead atoms. The standard InChI is InChI=1S/C14H26N2O3/c1-11(2)10-16(7-5-14(18)19-3)13(17)8-12-4-6-15-9-12/h11-12,15H,4-10H2,1-3H3. The Labute approximate surface area is 115 Å². The van der Waals surface area contributed by atoms with Crippen LogP contribution in [0, 0.1) is 11.8 Å². The molecule has 1 rings (SSSR count). The van der Waals surface area contributed by atoms with Gasteiger partial charge in [0.05, 0.1) is 13.5 Å². The van der Waals surface area contributed by atoms with Gasteiger partial charge >= 0.3 is 5.97 Å². The zero-order valence-electron chi connectivity index (χ0n) is 12.3. The first kappa shape index (κ1) is 16.0. The highest BCUT2D eigenvalue weighted by Gasteiger charge is 2.22. The lowest BCUT2D eigenvalue weighted by atomic mass is 10.0. The van der Waals surface area contributed by atoms with Crippen molar-refractivity contribution in [1.82, 2.24) is 10.2 Å². The van der Waals surface area contributed by atoms with Crippen LogP contribution in [-0.4, -0.2) is 50.1 Å². The van der Waals surface area contributed by atoms with Gasteiger partial charge in [-0.2, -0.15) is 0 Å². The second kappa shape index (κ2) is 8.15. The number of carbonyl (C=O) groups is 2. The van der Waals surface area contributed by atoms with Crippen LogP contribution in [0.2, 0.25) is 0 Å². The monoisotopic (exact) mass is 270 g/mol. The number of carbonyl (C=O) groups excluding carboxylic acids is 2. The molecule has 1 saturated heterocycles. The average molecular weight is 270 g/mol. The molecule has 5 nitrogen and oxygen atoms in total. The molecule has 0 spiro atoms. The summed E-state index contributed by atoms with van der Waals surface area (Å²) < 4.78 is 4.63. The van der Waals surface area contributed by atoms with Crippen molar-refractivity contribution in [2.75, 3.05) is 33.3 Å². The molecule has 0 radical (unpaired) electrons. The molecule has 19 heavy (non-hydrogen) atoms. The van der Waals surface area contributed by atoms with E-state index in [0.29, 0.717) is 31.3 Å². The van der Waals surface area contributed by atoms with Crippen LogP contribution in [0.1, 0.15) is 33.1 Å². The van der Waals surface area contributed by atoms with Crippen LogP contribution in [-0.2, 0) is 14.3 Å². The summed E-state index contributed by atoms with van der Waals surface area (Å²) in [5, 5.41) is 3.27. The molecule has 1 unspecified atom stereocenters. The van der Waals surface area contributed by atoms with Gasteiger partial charge in [0.2, 0.25) is 5.91 Å². The highest BCUT2D eigenvalue weighted by atomic mass is 16.5. The number of amides is 1. The number of ether oxygens (including phenoxy) is 1. The number of methoxy groups -OCH3 is 1. The smallest absolute Gasteiger partial charge is 0.307 e. The second-order valence-electron chi connectivity index (χ2n) is 5.62. The van der Waals surface area contributed by atoms with Gasteiger partial charge in [-0.05, 0) is 31.3 Å². The molecule has 1 heterocycles. The molecule has 0 aliphatic carbocycles. The van der Waals surface area contributed by atoms with E-state index in [2.05, 4.69) is 23.9 Å². The molecule has 0 aromatic carbocycles. The Morgan fingerprint density at radius 2 is 2.16 bits per heavy atom. The summed E-state index contributed by atoms with van der Waals surface area (Å²) in [4.78, 5) is 25.3. The molecule has 1 aliphatic heterocycles. The van der Waals surface area contributed by atoms with Crippen LogP contribution >= 0.6 is 0 Å². The van der Waals surface area contributed by atoms with Crippen LogP contribution in [0.25, 0.3) is 0 Å². The van der Waals surface area contributed by atoms with E-state index in [0.717, 1.165) is 19.5 Å². The molecule has 5 heteroatoms. The fourth-order valence-electron chi connectivity index (χ4n) is 2.35. The molecule has 1 aliphatic rings. The number of nitrogens with one attached hydrogen (secondary N) is 1. The first-order valence-electron chi connectivity index (χ1n) is 7.08. The van der Waals surface area contributed by atoms with Gasteiger partial charge in [-0.15, -0.1) is 0 Å². The van der Waals surface area contributed by atoms with E-state index >= 15 is 0 Å². The van der Waals surface area contributed by atoms with E-state index in [1.807, 2.05) is 0 Å². The van der Waals surface area contributed by atoms with E-state index < -0.39 is 0 Å². The third-order valence-electron chi connectivity index (χ3n) is 3.38. The minimum atomic E-state index is -0.260. The third-order valence-corrected chi connectivity index (χ3v) is 3.38. The van der Waals surface area contributed by atoms with Crippen molar-refractivity contribution in [1.29, 1.82) is 0 Å². The van der Waals surface area contributed by atoms with Crippen molar-refractivity contribution < 1.29 is 14.3 Å². The lowest BCUT2D eigenvalue weighted by Crippen LogP contribution is -2.37. The summed E-state index contributed by atoms with van der Waals surface area (Å²) >= 11 is 0. The summed E-state index contributed by atoms with van der Waals surface area (Å²) in [6.07, 6.45) is 1.93.